The van der Waals surface area contributed by atoms with Gasteiger partial charge in [0.2, 0.25) is 0 Å². The molecule has 0 heterocycles. The molecule has 0 unspecified atom stereocenters. The van der Waals surface area contributed by atoms with Gasteiger partial charge in [-0.2, -0.15) is 6.42 Å². The third-order valence-corrected chi connectivity index (χ3v) is 0.640. The Kier molecular flexibility index (Phi) is 57.5. The monoisotopic (exact) mass is 581 g/mol. The van der Waals surface area contributed by atoms with E-state index in [4.69, 9.17) is 12.3 Å². The molecule has 0 fully saturated rings. The zero-order chi connectivity index (χ0) is 9.70. The van der Waals surface area contributed by atoms with Gasteiger partial charge in [-0.15, -0.1) is 0 Å². The van der Waals surface area contributed by atoms with E-state index in [1.807, 2.05) is 6.92 Å². The van der Waals surface area contributed by atoms with Gasteiger partial charge in [0.1, 0.15) is 0 Å². The summed E-state index contributed by atoms with van der Waals surface area (Å²) in [5, 5.41) is 0. The second-order valence-corrected chi connectivity index (χ2v) is 3.58. The van der Waals surface area contributed by atoms with Crippen LogP contribution in [0.2, 0.25) is 0 Å². The quantitative estimate of drug-likeness (QED) is 0.366. The van der Waals surface area contributed by atoms with Crippen LogP contribution in [0.1, 0.15) is 13.3 Å². The van der Waals surface area contributed by atoms with Crippen molar-refractivity contribution in [3.8, 4) is 0 Å². The number of nitrogens with one attached hydrogen (secondary N) is 1. The van der Waals surface area contributed by atoms with Crippen LogP contribution in [0.15, 0.2) is 6.08 Å². The fraction of sp³-hybridized carbons (Fsp3) is 0.286. The zero-order valence-corrected chi connectivity index (χ0v) is 15.7. The van der Waals surface area contributed by atoms with Crippen molar-refractivity contribution in [3.05, 3.63) is 25.3 Å². The van der Waals surface area contributed by atoms with E-state index in [1.165, 1.54) is 25.4 Å². The third-order valence-electron chi connectivity index (χ3n) is 0.151. The topological polar surface area (TPSA) is 49.8 Å². The summed E-state index contributed by atoms with van der Waals surface area (Å²) in [5.74, 6) is 0. The maximum atomic E-state index is 6.60. The Labute approximate surface area is 123 Å². The van der Waals surface area contributed by atoms with Crippen LogP contribution >= 0.6 is 0 Å². The standard InChI is InChI=1S/C3H3N.C3H7.CH2N.2W.Y/c1-2-3-4;1-3-2;1-2;;;/h1-2,4H;1,3H2,2H3;2H2;;;/q-2;2*-1;;;. The summed E-state index contributed by atoms with van der Waals surface area (Å²) in [4.78, 5) is 0. The largest absolute Gasteiger partial charge is 0.344 e. The van der Waals surface area contributed by atoms with Gasteiger partial charge in [0, 0.05) is 32.7 Å². The van der Waals surface area contributed by atoms with Crippen LogP contribution in [0.25, 0.3) is 5.73 Å². The summed E-state index contributed by atoms with van der Waals surface area (Å²) in [5.41, 5.74) is 11.2. The van der Waals surface area contributed by atoms with Crippen molar-refractivity contribution in [2.24, 2.45) is 5.73 Å². The molecule has 12 heavy (non-hydrogen) atoms. The molecular weight excluding hydrogens is 569 g/mol. The van der Waals surface area contributed by atoms with E-state index in [2.05, 4.69) is 17.2 Å². The first kappa shape index (κ1) is 23.6. The van der Waals surface area contributed by atoms with Crippen molar-refractivity contribution in [3.63, 3.8) is 0 Å². The van der Waals surface area contributed by atoms with Crippen LogP contribution in [0.3, 0.4) is 0 Å². The Balaban J connectivity index is -0.0000000406. The van der Waals surface area contributed by atoms with E-state index in [0.29, 0.717) is 4.02 Å². The average Bonchev–Trinajstić information content (AvgIpc) is 1.91. The molecule has 0 saturated heterocycles. The Morgan fingerprint density at radius 2 is 1.92 bits per heavy atom. The molecule has 0 atom stereocenters. The molecule has 0 saturated carbocycles. The number of hydrogen-bond donors (Lipinski definition) is 1. The molecule has 0 aromatic carbocycles. The van der Waals surface area contributed by atoms with E-state index in [9.17, 15) is 0 Å². The summed E-state index contributed by atoms with van der Waals surface area (Å²) in [6.45, 7) is 10.3. The summed E-state index contributed by atoms with van der Waals surface area (Å²) in [7, 11) is 0. The SMILES string of the molecule is N[C-]=[W].[CH-]=C[C]([NH-])=[W].[CH2-]CC.[Y]. The van der Waals surface area contributed by atoms with Gasteiger partial charge in [-0.3, -0.25) is 0 Å². The molecule has 5 heteroatoms. The average molecular weight is 581 g/mol. The van der Waals surface area contributed by atoms with Gasteiger partial charge in [-0.1, -0.05) is 6.92 Å². The van der Waals surface area contributed by atoms with Gasteiger partial charge in [-0.25, -0.2) is 0 Å². The first-order valence-corrected chi connectivity index (χ1v) is 5.71. The van der Waals surface area contributed by atoms with Gasteiger partial charge < -0.3 is 6.92 Å². The minimum absolute atomic E-state index is 0. The maximum Gasteiger partial charge on any atom is 0 e. The molecule has 0 amide bonds. The predicted octanol–water partition coefficient (Wildman–Crippen LogP) is 1.06. The first-order chi connectivity index (χ1) is 5.10. The Morgan fingerprint density at radius 1 is 1.83 bits per heavy atom. The minimum atomic E-state index is 0. The van der Waals surface area contributed by atoms with Gasteiger partial charge in [0.15, 0.2) is 0 Å². The number of hydrogen-bond acceptors (Lipinski definition) is 1. The van der Waals surface area contributed by atoms with Crippen LogP contribution in [-0.2, 0) is 71.4 Å². The van der Waals surface area contributed by atoms with Crippen molar-refractivity contribution in [2.45, 2.75) is 13.3 Å². The van der Waals surface area contributed by atoms with Crippen molar-refractivity contribution >= 4 is 8.55 Å². The molecule has 3 N–H and O–H groups in total. The fourth-order valence-corrected chi connectivity index (χ4v) is 0. The molecule has 0 aliphatic rings. The van der Waals surface area contributed by atoms with Crippen molar-refractivity contribution < 1.29 is 71.4 Å². The molecule has 0 aliphatic heterocycles. The second-order valence-electron chi connectivity index (χ2n) is 1.15. The summed E-state index contributed by atoms with van der Waals surface area (Å²) in [6.07, 6.45) is 2.29. The van der Waals surface area contributed by atoms with E-state index in [0.717, 1.165) is 25.8 Å². The molecule has 0 aromatic heterocycles. The molecule has 0 rings (SSSR count). The molecule has 0 bridgehead atoms. The van der Waals surface area contributed by atoms with E-state index in [-0.39, 0.29) is 32.7 Å². The summed E-state index contributed by atoms with van der Waals surface area (Å²) >= 11 is 2.31. The molecule has 0 spiro atoms. The van der Waals surface area contributed by atoms with Crippen LogP contribution in [0, 0.1) is 13.5 Å². The van der Waals surface area contributed by atoms with Crippen LogP contribution in [0.5, 0.6) is 0 Å². The van der Waals surface area contributed by atoms with Crippen LogP contribution in [-0.4, -0.2) is 8.55 Å². The van der Waals surface area contributed by atoms with Gasteiger partial charge >= 0.3 is 71.4 Å². The fourth-order valence-electron chi connectivity index (χ4n) is 0. The Morgan fingerprint density at radius 3 is 1.92 bits per heavy atom. The number of nitrogens with two attached hydrogens (primary N) is 1. The molecule has 0 aliphatic carbocycles. The van der Waals surface area contributed by atoms with E-state index in [1.54, 1.807) is 0 Å². The normalized spacial score (nSPS) is 5.33. The summed E-state index contributed by atoms with van der Waals surface area (Å²) in [6, 6.07) is 0. The molecular formula is C7H12N2W2Y-4. The maximum absolute atomic E-state index is 6.60. The van der Waals surface area contributed by atoms with E-state index < -0.39 is 0 Å². The van der Waals surface area contributed by atoms with E-state index >= 15 is 0 Å². The molecule has 69 valence electrons. The molecule has 2 nitrogen and oxygen atoms in total. The van der Waals surface area contributed by atoms with Gasteiger partial charge in [0.25, 0.3) is 0 Å². The van der Waals surface area contributed by atoms with Crippen molar-refractivity contribution in [2.75, 3.05) is 0 Å². The van der Waals surface area contributed by atoms with Crippen LogP contribution in [0.4, 0.5) is 0 Å². The summed E-state index contributed by atoms with van der Waals surface area (Å²) < 4.78 is 2.82. The first-order valence-electron chi connectivity index (χ1n) is 2.78. The second kappa shape index (κ2) is 29.3. The predicted molar refractivity (Wildman–Crippen MR) is 43.0 cm³/mol. The third kappa shape index (κ3) is 93.4. The Bertz CT molecular complexity index is 108. The Hall–Kier alpha value is 1.88. The molecule has 1 radical (unpaired) electrons. The number of rotatable bonds is 1. The van der Waals surface area contributed by atoms with Crippen molar-refractivity contribution in [1.82, 2.24) is 0 Å². The molecule has 0 aromatic rings. The van der Waals surface area contributed by atoms with Gasteiger partial charge in [-0.05, 0) is 0 Å². The zero-order valence-electron chi connectivity index (χ0n) is 7.04. The van der Waals surface area contributed by atoms with Gasteiger partial charge in [0.05, 0.1) is 0 Å². The smallest absolute Gasteiger partial charge is 0 e. The van der Waals surface area contributed by atoms with Crippen molar-refractivity contribution in [1.29, 1.82) is 0 Å². The minimum Gasteiger partial charge on any atom is -0.344 e. The van der Waals surface area contributed by atoms with Crippen LogP contribution < -0.4 is 5.73 Å².